The van der Waals surface area contributed by atoms with Crippen molar-refractivity contribution in [3.63, 3.8) is 0 Å². The fourth-order valence-corrected chi connectivity index (χ4v) is 1.22. The molecular formula is C10H15N. The Hall–Kier alpha value is -0.820. The first-order valence-corrected chi connectivity index (χ1v) is 3.94. The molecule has 0 aliphatic heterocycles. The third-order valence-corrected chi connectivity index (χ3v) is 1.95. The second-order valence-electron chi connectivity index (χ2n) is 2.95. The Morgan fingerprint density at radius 2 is 2.09 bits per heavy atom. The Bertz CT molecular complexity index is 221. The Balaban J connectivity index is 2.86. The fraction of sp³-hybridized carbons (Fsp3) is 0.400. The van der Waals surface area contributed by atoms with E-state index in [1.165, 1.54) is 11.1 Å². The summed E-state index contributed by atoms with van der Waals surface area (Å²) in [7, 11) is 1.98. The molecule has 1 rings (SSSR count). The van der Waals surface area contributed by atoms with E-state index in [4.69, 9.17) is 0 Å². The van der Waals surface area contributed by atoms with Crippen LogP contribution < -0.4 is 5.32 Å². The molecule has 1 N–H and O–H groups in total. The van der Waals surface area contributed by atoms with E-state index in [9.17, 15) is 0 Å². The highest BCUT2D eigenvalue weighted by Gasteiger charge is 2.04. The van der Waals surface area contributed by atoms with Crippen LogP contribution in [0.2, 0.25) is 0 Å². The molecule has 0 heterocycles. The minimum Gasteiger partial charge on any atom is -0.310 e. The predicted octanol–water partition coefficient (Wildman–Crippen LogP) is 2.04. The van der Waals surface area contributed by atoms with Crippen molar-refractivity contribution in [3.05, 3.63) is 35.5 Å². The largest absolute Gasteiger partial charge is 0.310 e. The smallest absolute Gasteiger partial charge is 0.0468 e. The van der Waals surface area contributed by atoms with E-state index in [2.05, 4.69) is 43.5 Å². The van der Waals surface area contributed by atoms with Crippen molar-refractivity contribution in [2.45, 2.75) is 19.9 Å². The number of likely N-dealkylation sites (N-methyl/N-ethyl adjacent to an activating group) is 1. The Morgan fingerprint density at radius 3 is 2.73 bits per heavy atom. The summed E-state index contributed by atoms with van der Waals surface area (Å²) in [5.41, 5.74) is 2.68. The molecule has 0 saturated carbocycles. The van der Waals surface area contributed by atoms with Crippen molar-refractivity contribution in [1.29, 1.82) is 0 Å². The van der Waals surface area contributed by atoms with E-state index in [0.717, 1.165) is 0 Å². The third-order valence-electron chi connectivity index (χ3n) is 1.95. The molecule has 0 aromatic heterocycles. The van der Waals surface area contributed by atoms with Crippen molar-refractivity contribution in [3.8, 4) is 0 Å². The van der Waals surface area contributed by atoms with Crippen molar-refractivity contribution < 1.29 is 0 Å². The zero-order valence-electron chi connectivity index (χ0n) is 7.39. The van der Waals surface area contributed by atoms with Gasteiger partial charge in [-0.3, -0.25) is 0 Å². The van der Waals surface area contributed by atoms with Gasteiger partial charge in [-0.15, -0.1) is 0 Å². The molecule has 0 spiro atoms. The quantitative estimate of drug-likeness (QED) is 0.601. The summed E-state index contributed by atoms with van der Waals surface area (Å²) >= 11 is 0. The Kier molecular flexibility index (Phi) is 2.66. The maximum atomic E-state index is 3.24. The SMILES string of the molecule is CNC1C=C(C)C=CC=C1C. The second kappa shape index (κ2) is 3.54. The van der Waals surface area contributed by atoms with Crippen LogP contribution in [0.4, 0.5) is 0 Å². The van der Waals surface area contributed by atoms with Crippen LogP contribution >= 0.6 is 0 Å². The molecule has 1 atom stereocenters. The second-order valence-corrected chi connectivity index (χ2v) is 2.95. The molecule has 0 fully saturated rings. The highest BCUT2D eigenvalue weighted by Crippen LogP contribution is 2.10. The number of hydrogen-bond donors (Lipinski definition) is 1. The molecule has 0 aromatic rings. The molecule has 60 valence electrons. The van der Waals surface area contributed by atoms with Gasteiger partial charge in [-0.25, -0.2) is 0 Å². The van der Waals surface area contributed by atoms with Gasteiger partial charge in [0, 0.05) is 6.04 Å². The van der Waals surface area contributed by atoms with Gasteiger partial charge in [-0.05, 0) is 20.9 Å². The van der Waals surface area contributed by atoms with Gasteiger partial charge < -0.3 is 5.32 Å². The van der Waals surface area contributed by atoms with Crippen LogP contribution in [-0.2, 0) is 0 Å². The molecule has 1 aliphatic carbocycles. The first kappa shape index (κ1) is 8.28. The third kappa shape index (κ3) is 2.05. The average molecular weight is 149 g/mol. The van der Waals surface area contributed by atoms with E-state index < -0.39 is 0 Å². The first-order valence-electron chi connectivity index (χ1n) is 3.94. The summed E-state index contributed by atoms with van der Waals surface area (Å²) in [5, 5.41) is 3.24. The molecule has 0 radical (unpaired) electrons. The van der Waals surface area contributed by atoms with Crippen LogP contribution in [0.15, 0.2) is 35.5 Å². The number of rotatable bonds is 1. The van der Waals surface area contributed by atoms with E-state index in [-0.39, 0.29) is 0 Å². The lowest BCUT2D eigenvalue weighted by molar-refractivity contribution is 0.750. The van der Waals surface area contributed by atoms with Crippen LogP contribution in [0.25, 0.3) is 0 Å². The van der Waals surface area contributed by atoms with Gasteiger partial charge in [0.25, 0.3) is 0 Å². The maximum absolute atomic E-state index is 3.24. The summed E-state index contributed by atoms with van der Waals surface area (Å²) in [6.07, 6.45) is 8.60. The van der Waals surface area contributed by atoms with Gasteiger partial charge in [0.05, 0.1) is 0 Å². The Labute approximate surface area is 68.5 Å². The van der Waals surface area contributed by atoms with E-state index in [0.29, 0.717) is 6.04 Å². The lowest BCUT2D eigenvalue weighted by Gasteiger charge is -2.11. The minimum absolute atomic E-state index is 0.407. The summed E-state index contributed by atoms with van der Waals surface area (Å²) in [5.74, 6) is 0. The molecular weight excluding hydrogens is 134 g/mol. The van der Waals surface area contributed by atoms with Gasteiger partial charge in [0.15, 0.2) is 0 Å². The van der Waals surface area contributed by atoms with Crippen molar-refractivity contribution in [2.24, 2.45) is 0 Å². The summed E-state index contributed by atoms with van der Waals surface area (Å²) in [6, 6.07) is 0.407. The van der Waals surface area contributed by atoms with E-state index >= 15 is 0 Å². The molecule has 0 bridgehead atoms. The van der Waals surface area contributed by atoms with E-state index in [1.807, 2.05) is 7.05 Å². The zero-order chi connectivity index (χ0) is 8.27. The normalized spacial score (nSPS) is 24.1. The van der Waals surface area contributed by atoms with Crippen LogP contribution in [-0.4, -0.2) is 13.1 Å². The Morgan fingerprint density at radius 1 is 1.36 bits per heavy atom. The maximum Gasteiger partial charge on any atom is 0.0468 e. The average Bonchev–Trinajstić information content (AvgIpc) is 2.13. The molecule has 1 heteroatoms. The standard InChI is InChI=1S/C10H15N/c1-8-5-4-6-9(2)10(7-8)11-3/h4-7,10-11H,1-3H3. The number of allylic oxidation sites excluding steroid dienone is 4. The van der Waals surface area contributed by atoms with Crippen molar-refractivity contribution in [2.75, 3.05) is 7.05 Å². The lowest BCUT2D eigenvalue weighted by atomic mass is 10.1. The molecule has 0 aromatic carbocycles. The summed E-state index contributed by atoms with van der Waals surface area (Å²) in [4.78, 5) is 0. The molecule has 1 aliphatic rings. The predicted molar refractivity (Wildman–Crippen MR) is 49.5 cm³/mol. The summed E-state index contributed by atoms with van der Waals surface area (Å²) in [6.45, 7) is 4.26. The van der Waals surface area contributed by atoms with Crippen LogP contribution in [0.3, 0.4) is 0 Å². The van der Waals surface area contributed by atoms with Crippen LogP contribution in [0.5, 0.6) is 0 Å². The first-order chi connectivity index (χ1) is 5.24. The molecule has 0 amide bonds. The van der Waals surface area contributed by atoms with Gasteiger partial charge in [0.2, 0.25) is 0 Å². The topological polar surface area (TPSA) is 12.0 Å². The fourth-order valence-electron chi connectivity index (χ4n) is 1.22. The van der Waals surface area contributed by atoms with Gasteiger partial charge in [-0.2, -0.15) is 0 Å². The van der Waals surface area contributed by atoms with Gasteiger partial charge in [0.1, 0.15) is 0 Å². The van der Waals surface area contributed by atoms with Crippen molar-refractivity contribution >= 4 is 0 Å². The van der Waals surface area contributed by atoms with Gasteiger partial charge in [-0.1, -0.05) is 35.5 Å². The minimum atomic E-state index is 0.407. The van der Waals surface area contributed by atoms with Gasteiger partial charge >= 0.3 is 0 Å². The monoisotopic (exact) mass is 149 g/mol. The van der Waals surface area contributed by atoms with Crippen molar-refractivity contribution in [1.82, 2.24) is 5.32 Å². The lowest BCUT2D eigenvalue weighted by Crippen LogP contribution is -2.23. The summed E-state index contributed by atoms with van der Waals surface area (Å²) < 4.78 is 0. The molecule has 11 heavy (non-hydrogen) atoms. The molecule has 0 saturated heterocycles. The number of hydrogen-bond acceptors (Lipinski definition) is 1. The van der Waals surface area contributed by atoms with E-state index in [1.54, 1.807) is 0 Å². The van der Waals surface area contributed by atoms with Crippen LogP contribution in [0.1, 0.15) is 13.8 Å². The van der Waals surface area contributed by atoms with Crippen LogP contribution in [0, 0.1) is 0 Å². The highest BCUT2D eigenvalue weighted by molar-refractivity contribution is 5.32. The molecule has 1 nitrogen and oxygen atoms in total. The molecule has 1 unspecified atom stereocenters. The highest BCUT2D eigenvalue weighted by atomic mass is 14.9. The zero-order valence-corrected chi connectivity index (χ0v) is 7.39. The number of nitrogens with one attached hydrogen (secondary N) is 1.